The van der Waals surface area contributed by atoms with Gasteiger partial charge < -0.3 is 9.30 Å². The third kappa shape index (κ3) is 2.68. The van der Waals surface area contributed by atoms with Crippen LogP contribution in [-0.2, 0) is 4.74 Å². The van der Waals surface area contributed by atoms with Gasteiger partial charge in [0.25, 0.3) is 0 Å². The van der Waals surface area contributed by atoms with E-state index in [1.165, 1.54) is 0 Å². The molecule has 3 nitrogen and oxygen atoms in total. The number of esters is 1. The first-order valence-corrected chi connectivity index (χ1v) is 7.25. The fraction of sp³-hybridized carbons (Fsp3) is 0.267. The van der Waals surface area contributed by atoms with Crippen LogP contribution in [0.15, 0.2) is 30.3 Å². The third-order valence-corrected chi connectivity index (χ3v) is 4.12. The summed E-state index contributed by atoms with van der Waals surface area (Å²) in [6, 6.07) is 9.86. The second-order valence-corrected chi connectivity index (χ2v) is 5.39. The summed E-state index contributed by atoms with van der Waals surface area (Å²) in [7, 11) is 0. The minimum atomic E-state index is -0.267. The SMILES string of the molecule is CCOC(=O)c1cccc(-n2c(C)ccc2C)c1I. The number of carbonyl (C=O) groups is 1. The molecule has 0 aliphatic heterocycles. The lowest BCUT2D eigenvalue weighted by molar-refractivity contribution is 0.0525. The predicted molar refractivity (Wildman–Crippen MR) is 83.9 cm³/mol. The third-order valence-electron chi connectivity index (χ3n) is 2.99. The maximum absolute atomic E-state index is 11.9. The van der Waals surface area contributed by atoms with Crippen molar-refractivity contribution in [1.82, 2.24) is 4.57 Å². The van der Waals surface area contributed by atoms with Gasteiger partial charge in [0, 0.05) is 11.4 Å². The van der Waals surface area contributed by atoms with E-state index in [1.807, 2.05) is 19.1 Å². The number of hydrogen-bond acceptors (Lipinski definition) is 2. The van der Waals surface area contributed by atoms with E-state index in [2.05, 4.69) is 53.1 Å². The van der Waals surface area contributed by atoms with Gasteiger partial charge in [-0.25, -0.2) is 4.79 Å². The molecular formula is C15H16INO2. The second-order valence-electron chi connectivity index (χ2n) is 4.31. The number of nitrogens with zero attached hydrogens (tertiary/aromatic N) is 1. The van der Waals surface area contributed by atoms with E-state index in [4.69, 9.17) is 4.74 Å². The largest absolute Gasteiger partial charge is 0.462 e. The Hall–Kier alpha value is -1.30. The van der Waals surface area contributed by atoms with Gasteiger partial charge in [-0.1, -0.05) is 6.07 Å². The molecule has 0 N–H and O–H groups in total. The van der Waals surface area contributed by atoms with Gasteiger partial charge in [0.2, 0.25) is 0 Å². The first-order chi connectivity index (χ1) is 9.06. The van der Waals surface area contributed by atoms with E-state index in [0.29, 0.717) is 12.2 Å². The molecule has 100 valence electrons. The molecule has 0 aliphatic carbocycles. The number of ether oxygens (including phenoxy) is 1. The highest BCUT2D eigenvalue weighted by Crippen LogP contribution is 2.25. The summed E-state index contributed by atoms with van der Waals surface area (Å²) in [5, 5.41) is 0. The second kappa shape index (κ2) is 5.77. The summed E-state index contributed by atoms with van der Waals surface area (Å²) < 4.78 is 8.15. The van der Waals surface area contributed by atoms with E-state index in [0.717, 1.165) is 20.6 Å². The van der Waals surface area contributed by atoms with Crippen molar-refractivity contribution >= 4 is 28.6 Å². The van der Waals surface area contributed by atoms with Crippen molar-refractivity contribution in [3.63, 3.8) is 0 Å². The van der Waals surface area contributed by atoms with Crippen molar-refractivity contribution in [1.29, 1.82) is 0 Å². The maximum Gasteiger partial charge on any atom is 0.339 e. The average Bonchev–Trinajstić information content (AvgIpc) is 2.70. The lowest BCUT2D eigenvalue weighted by Gasteiger charge is -2.14. The van der Waals surface area contributed by atoms with Crippen LogP contribution < -0.4 is 0 Å². The molecule has 4 heteroatoms. The molecule has 0 amide bonds. The standard InChI is InChI=1S/C15H16INO2/c1-4-19-15(18)12-6-5-7-13(14(12)16)17-10(2)8-9-11(17)3/h5-9H,4H2,1-3H3. The highest BCUT2D eigenvalue weighted by Gasteiger charge is 2.16. The lowest BCUT2D eigenvalue weighted by Crippen LogP contribution is -2.10. The van der Waals surface area contributed by atoms with Crippen LogP contribution in [0.4, 0.5) is 0 Å². The number of benzene rings is 1. The Morgan fingerprint density at radius 3 is 2.42 bits per heavy atom. The topological polar surface area (TPSA) is 31.2 Å². The zero-order valence-corrected chi connectivity index (χ0v) is 13.4. The van der Waals surface area contributed by atoms with Crippen LogP contribution in [0.2, 0.25) is 0 Å². The lowest BCUT2D eigenvalue weighted by atomic mass is 10.2. The number of rotatable bonds is 3. The minimum Gasteiger partial charge on any atom is -0.462 e. The van der Waals surface area contributed by atoms with Crippen molar-refractivity contribution in [2.75, 3.05) is 6.61 Å². The Labute approximate surface area is 126 Å². The summed E-state index contributed by atoms with van der Waals surface area (Å²) in [6.45, 7) is 6.32. The van der Waals surface area contributed by atoms with Gasteiger partial charge in [0.05, 0.1) is 21.4 Å². The molecule has 1 aromatic carbocycles. The van der Waals surface area contributed by atoms with Gasteiger partial charge in [-0.2, -0.15) is 0 Å². The molecule has 0 bridgehead atoms. The molecule has 0 saturated heterocycles. The number of aryl methyl sites for hydroxylation is 2. The Kier molecular flexibility index (Phi) is 4.29. The molecule has 2 rings (SSSR count). The number of hydrogen-bond donors (Lipinski definition) is 0. The van der Waals surface area contributed by atoms with Crippen LogP contribution in [0, 0.1) is 17.4 Å². The highest BCUT2D eigenvalue weighted by atomic mass is 127. The Bertz CT molecular complexity index is 597. The monoisotopic (exact) mass is 369 g/mol. The van der Waals surface area contributed by atoms with Crippen molar-refractivity contribution in [2.24, 2.45) is 0 Å². The predicted octanol–water partition coefficient (Wildman–Crippen LogP) is 3.88. The van der Waals surface area contributed by atoms with E-state index in [-0.39, 0.29) is 5.97 Å². The van der Waals surface area contributed by atoms with Crippen LogP contribution in [-0.4, -0.2) is 17.1 Å². The van der Waals surface area contributed by atoms with E-state index < -0.39 is 0 Å². The van der Waals surface area contributed by atoms with Gasteiger partial charge in [-0.3, -0.25) is 0 Å². The first kappa shape index (κ1) is 14.1. The fourth-order valence-corrected chi connectivity index (χ4v) is 2.93. The van der Waals surface area contributed by atoms with E-state index in [9.17, 15) is 4.79 Å². The molecule has 0 atom stereocenters. The zero-order chi connectivity index (χ0) is 14.0. The summed E-state index contributed by atoms with van der Waals surface area (Å²) in [5.74, 6) is -0.267. The van der Waals surface area contributed by atoms with Crippen LogP contribution in [0.5, 0.6) is 0 Å². The smallest absolute Gasteiger partial charge is 0.339 e. The van der Waals surface area contributed by atoms with E-state index in [1.54, 1.807) is 6.07 Å². The zero-order valence-electron chi connectivity index (χ0n) is 11.2. The molecule has 0 saturated carbocycles. The van der Waals surface area contributed by atoms with Crippen molar-refractivity contribution < 1.29 is 9.53 Å². The van der Waals surface area contributed by atoms with Crippen LogP contribution in [0.3, 0.4) is 0 Å². The summed E-state index contributed by atoms with van der Waals surface area (Å²) in [6.07, 6.45) is 0. The Morgan fingerprint density at radius 1 is 1.21 bits per heavy atom. The quantitative estimate of drug-likeness (QED) is 0.608. The minimum absolute atomic E-state index is 0.267. The molecule has 0 spiro atoms. The number of halogens is 1. The molecule has 19 heavy (non-hydrogen) atoms. The molecule has 2 aromatic rings. The van der Waals surface area contributed by atoms with Gasteiger partial charge in [-0.05, 0) is 67.6 Å². The van der Waals surface area contributed by atoms with Crippen LogP contribution in [0.25, 0.3) is 5.69 Å². The van der Waals surface area contributed by atoms with Crippen molar-refractivity contribution in [3.8, 4) is 5.69 Å². The van der Waals surface area contributed by atoms with Crippen LogP contribution >= 0.6 is 22.6 Å². The Morgan fingerprint density at radius 2 is 1.84 bits per heavy atom. The molecule has 1 heterocycles. The molecule has 0 unspecified atom stereocenters. The first-order valence-electron chi connectivity index (χ1n) is 6.17. The van der Waals surface area contributed by atoms with Gasteiger partial charge in [-0.15, -0.1) is 0 Å². The van der Waals surface area contributed by atoms with Crippen LogP contribution in [0.1, 0.15) is 28.7 Å². The summed E-state index contributed by atoms with van der Waals surface area (Å²) in [5.41, 5.74) is 3.94. The molecular weight excluding hydrogens is 353 g/mol. The molecule has 0 radical (unpaired) electrons. The maximum atomic E-state index is 11.9. The van der Waals surface area contributed by atoms with Gasteiger partial charge >= 0.3 is 5.97 Å². The normalized spacial score (nSPS) is 10.5. The number of carbonyl (C=O) groups excluding carboxylic acids is 1. The summed E-state index contributed by atoms with van der Waals surface area (Å²) >= 11 is 2.21. The van der Waals surface area contributed by atoms with E-state index >= 15 is 0 Å². The molecule has 0 aliphatic rings. The molecule has 0 fully saturated rings. The van der Waals surface area contributed by atoms with Gasteiger partial charge in [0.1, 0.15) is 0 Å². The van der Waals surface area contributed by atoms with Gasteiger partial charge in [0.15, 0.2) is 0 Å². The fourth-order valence-electron chi connectivity index (χ4n) is 2.11. The van der Waals surface area contributed by atoms with Crippen molar-refractivity contribution in [3.05, 3.63) is 50.9 Å². The van der Waals surface area contributed by atoms with Crippen molar-refractivity contribution in [2.45, 2.75) is 20.8 Å². The molecule has 1 aromatic heterocycles. The Balaban J connectivity index is 2.55. The average molecular weight is 369 g/mol. The number of aromatic nitrogens is 1. The summed E-state index contributed by atoms with van der Waals surface area (Å²) in [4.78, 5) is 11.9. The highest BCUT2D eigenvalue weighted by molar-refractivity contribution is 14.1.